The minimum Gasteiger partial charge on any atom is -0.453 e. The minimum absolute atomic E-state index is 0.0622. The molecule has 1 aliphatic rings. The number of hydrogen-bond acceptors (Lipinski definition) is 4. The van der Waals surface area contributed by atoms with Crippen molar-refractivity contribution in [2.75, 3.05) is 13.7 Å². The van der Waals surface area contributed by atoms with Gasteiger partial charge >= 0.3 is 6.09 Å². The van der Waals surface area contributed by atoms with Gasteiger partial charge in [0.05, 0.1) is 25.0 Å². The van der Waals surface area contributed by atoms with E-state index >= 15 is 0 Å². The highest BCUT2D eigenvalue weighted by Gasteiger charge is 2.40. The number of methoxy groups -OCH3 is 1. The number of imidazole rings is 1. The third-order valence-corrected chi connectivity index (χ3v) is 6.23. The van der Waals surface area contributed by atoms with E-state index in [2.05, 4.69) is 38.1 Å². The molecule has 0 saturated carbocycles. The summed E-state index contributed by atoms with van der Waals surface area (Å²) >= 11 is 3.45. The molecule has 8 heteroatoms. The second-order valence-corrected chi connectivity index (χ2v) is 8.98. The zero-order valence-corrected chi connectivity index (χ0v) is 19.4. The van der Waals surface area contributed by atoms with Crippen LogP contribution in [0.4, 0.5) is 4.79 Å². The standard InChI is InChI=1S/C22H29BrN4O3/c1-5-14-10-18(20-24-11-17(25-20)15-6-8-16(23)9-7-15)27(12-14)21(28)19(13(2)3)26-22(29)30-4/h6-9,11,13-14,18-19H,5,10,12H2,1-4H3,(H,24,25)(H,26,29)/t14-,18-,19-/m0/s1. The Balaban J connectivity index is 1.86. The molecule has 0 unspecified atom stereocenters. The van der Waals surface area contributed by atoms with Crippen molar-refractivity contribution >= 4 is 27.9 Å². The van der Waals surface area contributed by atoms with Crippen molar-refractivity contribution in [1.82, 2.24) is 20.2 Å². The topological polar surface area (TPSA) is 87.3 Å². The Hall–Kier alpha value is -2.35. The molecular formula is C22H29BrN4O3. The smallest absolute Gasteiger partial charge is 0.407 e. The van der Waals surface area contributed by atoms with E-state index in [1.807, 2.05) is 49.2 Å². The van der Waals surface area contributed by atoms with Crippen LogP contribution in [-0.2, 0) is 9.53 Å². The number of hydrogen-bond donors (Lipinski definition) is 2. The monoisotopic (exact) mass is 476 g/mol. The number of aromatic amines is 1. The summed E-state index contributed by atoms with van der Waals surface area (Å²) in [4.78, 5) is 35.1. The number of rotatable bonds is 6. The fraction of sp³-hybridized carbons (Fsp3) is 0.500. The SMILES string of the molecule is CC[C@H]1C[C@@H](c2ncc(-c3ccc(Br)cc3)[nH]2)N(C(=O)[C@@H](NC(=O)OC)C(C)C)C1. The fourth-order valence-electron chi connectivity index (χ4n) is 3.88. The quantitative estimate of drug-likeness (QED) is 0.641. The Kier molecular flexibility index (Phi) is 7.18. The Labute approximate surface area is 185 Å². The zero-order chi connectivity index (χ0) is 21.8. The number of carbonyl (C=O) groups is 2. The molecule has 0 bridgehead atoms. The summed E-state index contributed by atoms with van der Waals surface area (Å²) in [7, 11) is 1.30. The van der Waals surface area contributed by atoms with Crippen LogP contribution < -0.4 is 5.32 Å². The van der Waals surface area contributed by atoms with Crippen molar-refractivity contribution in [3.8, 4) is 11.3 Å². The van der Waals surface area contributed by atoms with Crippen molar-refractivity contribution in [3.05, 3.63) is 40.8 Å². The second kappa shape index (κ2) is 9.64. The number of amides is 2. The number of carbonyl (C=O) groups excluding carboxylic acids is 2. The third-order valence-electron chi connectivity index (χ3n) is 5.71. The van der Waals surface area contributed by atoms with Crippen LogP contribution in [0, 0.1) is 11.8 Å². The lowest BCUT2D eigenvalue weighted by Crippen LogP contribution is -2.51. The molecule has 2 heterocycles. The van der Waals surface area contributed by atoms with Crippen molar-refractivity contribution in [1.29, 1.82) is 0 Å². The number of alkyl carbamates (subject to hydrolysis) is 1. The first-order chi connectivity index (χ1) is 14.3. The van der Waals surface area contributed by atoms with Gasteiger partial charge in [-0.1, -0.05) is 55.3 Å². The number of likely N-dealkylation sites (tertiary alicyclic amines) is 1. The summed E-state index contributed by atoms with van der Waals surface area (Å²) in [6.07, 6.45) is 3.05. The zero-order valence-electron chi connectivity index (χ0n) is 17.8. The second-order valence-electron chi connectivity index (χ2n) is 8.06. The normalized spacial score (nSPS) is 19.7. The maximum atomic E-state index is 13.4. The van der Waals surface area contributed by atoms with Gasteiger partial charge in [-0.2, -0.15) is 0 Å². The summed E-state index contributed by atoms with van der Waals surface area (Å²) in [5.41, 5.74) is 1.95. The molecule has 1 fully saturated rings. The molecule has 1 aromatic carbocycles. The van der Waals surface area contributed by atoms with E-state index in [0.29, 0.717) is 12.5 Å². The van der Waals surface area contributed by atoms with Crippen LogP contribution in [0.1, 0.15) is 45.5 Å². The number of H-pyrrole nitrogens is 1. The number of benzene rings is 1. The van der Waals surface area contributed by atoms with Crippen molar-refractivity contribution in [2.45, 2.75) is 45.7 Å². The predicted octanol–water partition coefficient (Wildman–Crippen LogP) is 4.52. The Morgan fingerprint density at radius 1 is 1.33 bits per heavy atom. The Morgan fingerprint density at radius 2 is 2.03 bits per heavy atom. The highest BCUT2D eigenvalue weighted by molar-refractivity contribution is 9.10. The average molecular weight is 477 g/mol. The van der Waals surface area contributed by atoms with Gasteiger partial charge in [0.15, 0.2) is 0 Å². The Morgan fingerprint density at radius 3 is 2.63 bits per heavy atom. The minimum atomic E-state index is -0.642. The van der Waals surface area contributed by atoms with Crippen LogP contribution in [-0.4, -0.2) is 46.6 Å². The molecule has 162 valence electrons. The lowest BCUT2D eigenvalue weighted by Gasteiger charge is -2.30. The molecule has 2 aromatic rings. The van der Waals surface area contributed by atoms with E-state index in [1.54, 1.807) is 0 Å². The first kappa shape index (κ1) is 22.3. The molecule has 1 aliphatic heterocycles. The van der Waals surface area contributed by atoms with E-state index in [4.69, 9.17) is 4.74 Å². The summed E-state index contributed by atoms with van der Waals surface area (Å²) in [6.45, 7) is 6.62. The molecular weight excluding hydrogens is 448 g/mol. The summed E-state index contributed by atoms with van der Waals surface area (Å²) < 4.78 is 5.73. The van der Waals surface area contributed by atoms with Crippen LogP contribution in [0.2, 0.25) is 0 Å². The van der Waals surface area contributed by atoms with E-state index in [-0.39, 0.29) is 17.9 Å². The Bertz CT molecular complexity index is 881. The molecule has 0 radical (unpaired) electrons. The molecule has 7 nitrogen and oxygen atoms in total. The van der Waals surface area contributed by atoms with Gasteiger partial charge in [-0.3, -0.25) is 4.79 Å². The lowest BCUT2D eigenvalue weighted by atomic mass is 10.0. The number of ether oxygens (including phenoxy) is 1. The highest BCUT2D eigenvalue weighted by Crippen LogP contribution is 2.37. The van der Waals surface area contributed by atoms with Gasteiger partial charge in [0, 0.05) is 11.0 Å². The van der Waals surface area contributed by atoms with Gasteiger partial charge in [-0.25, -0.2) is 9.78 Å². The molecule has 3 rings (SSSR count). The van der Waals surface area contributed by atoms with E-state index in [0.717, 1.165) is 34.4 Å². The van der Waals surface area contributed by atoms with Crippen molar-refractivity contribution in [3.63, 3.8) is 0 Å². The van der Waals surface area contributed by atoms with Crippen LogP contribution in [0.5, 0.6) is 0 Å². The van der Waals surface area contributed by atoms with E-state index in [9.17, 15) is 9.59 Å². The maximum Gasteiger partial charge on any atom is 0.407 e. The number of halogens is 1. The predicted molar refractivity (Wildman–Crippen MR) is 119 cm³/mol. The van der Waals surface area contributed by atoms with Crippen LogP contribution >= 0.6 is 15.9 Å². The molecule has 1 aromatic heterocycles. The highest BCUT2D eigenvalue weighted by atomic mass is 79.9. The first-order valence-electron chi connectivity index (χ1n) is 10.3. The van der Waals surface area contributed by atoms with E-state index in [1.165, 1.54) is 7.11 Å². The van der Waals surface area contributed by atoms with Gasteiger partial charge < -0.3 is 19.9 Å². The molecule has 0 spiro atoms. The molecule has 0 aliphatic carbocycles. The van der Waals surface area contributed by atoms with Gasteiger partial charge in [0.1, 0.15) is 11.9 Å². The van der Waals surface area contributed by atoms with Gasteiger partial charge in [0.25, 0.3) is 0 Å². The van der Waals surface area contributed by atoms with Crippen molar-refractivity contribution in [2.24, 2.45) is 11.8 Å². The largest absolute Gasteiger partial charge is 0.453 e. The maximum absolute atomic E-state index is 13.4. The van der Waals surface area contributed by atoms with Gasteiger partial charge in [-0.15, -0.1) is 0 Å². The molecule has 2 N–H and O–H groups in total. The third kappa shape index (κ3) is 4.86. The number of aromatic nitrogens is 2. The van der Waals surface area contributed by atoms with Crippen molar-refractivity contribution < 1.29 is 14.3 Å². The molecule has 30 heavy (non-hydrogen) atoms. The number of nitrogens with one attached hydrogen (secondary N) is 2. The summed E-state index contributed by atoms with van der Waals surface area (Å²) in [5.74, 6) is 1.01. The summed E-state index contributed by atoms with van der Waals surface area (Å²) in [5, 5.41) is 2.70. The fourth-order valence-corrected chi connectivity index (χ4v) is 4.15. The molecule has 1 saturated heterocycles. The average Bonchev–Trinajstić information content (AvgIpc) is 3.38. The van der Waals surface area contributed by atoms with Crippen LogP contribution in [0.15, 0.2) is 34.9 Å². The van der Waals surface area contributed by atoms with Gasteiger partial charge in [0.2, 0.25) is 5.91 Å². The van der Waals surface area contributed by atoms with E-state index < -0.39 is 12.1 Å². The number of nitrogens with zero attached hydrogens (tertiary/aromatic N) is 2. The first-order valence-corrected chi connectivity index (χ1v) is 11.1. The summed E-state index contributed by atoms with van der Waals surface area (Å²) in [6, 6.07) is 7.22. The molecule has 3 atom stereocenters. The lowest BCUT2D eigenvalue weighted by molar-refractivity contribution is -0.135. The van der Waals surface area contributed by atoms with Gasteiger partial charge in [-0.05, 0) is 36.0 Å². The molecule has 2 amide bonds. The van der Waals surface area contributed by atoms with Crippen LogP contribution in [0.3, 0.4) is 0 Å². The van der Waals surface area contributed by atoms with Crippen LogP contribution in [0.25, 0.3) is 11.3 Å².